The van der Waals surface area contributed by atoms with Crippen molar-refractivity contribution in [3.63, 3.8) is 0 Å². The van der Waals surface area contributed by atoms with Gasteiger partial charge in [0.1, 0.15) is 5.82 Å². The number of methoxy groups -OCH3 is 1. The molecule has 0 fully saturated rings. The number of nitrogens with one attached hydrogen (secondary N) is 1. The van der Waals surface area contributed by atoms with Gasteiger partial charge in [-0.05, 0) is 18.9 Å². The first-order valence-electron chi connectivity index (χ1n) is 6.22. The van der Waals surface area contributed by atoms with Crippen LogP contribution in [0.25, 0.3) is 0 Å². The molecule has 1 aromatic heterocycles. The number of aromatic nitrogens is 1. The molecule has 5 nitrogen and oxygen atoms in total. The Bertz CT molecular complexity index is 407. The van der Waals surface area contributed by atoms with Crippen molar-refractivity contribution in [2.24, 2.45) is 0 Å². The minimum absolute atomic E-state index is 0.310. The van der Waals surface area contributed by atoms with Gasteiger partial charge in [0.25, 0.3) is 0 Å². The summed E-state index contributed by atoms with van der Waals surface area (Å²) in [5, 5.41) is 3.32. The molecular weight excluding hydrogens is 230 g/mol. The highest BCUT2D eigenvalue weighted by atomic mass is 16.5. The number of ether oxygens (including phenoxy) is 1. The average molecular weight is 251 g/mol. The number of nitrogen functional groups attached to an aromatic ring is 1. The van der Waals surface area contributed by atoms with Gasteiger partial charge in [0.05, 0.1) is 24.6 Å². The fourth-order valence-corrected chi connectivity index (χ4v) is 1.81. The molecule has 3 N–H and O–H groups in total. The van der Waals surface area contributed by atoms with Crippen LogP contribution in [0, 0.1) is 0 Å². The van der Waals surface area contributed by atoms with Crippen LogP contribution in [0.5, 0.6) is 0 Å². The first kappa shape index (κ1) is 14.3. The van der Waals surface area contributed by atoms with Gasteiger partial charge in [0.15, 0.2) is 0 Å². The number of hydrogen-bond acceptors (Lipinski definition) is 5. The zero-order valence-corrected chi connectivity index (χ0v) is 11.2. The summed E-state index contributed by atoms with van der Waals surface area (Å²) in [6, 6.07) is 1.86. The van der Waals surface area contributed by atoms with E-state index in [9.17, 15) is 4.79 Å². The van der Waals surface area contributed by atoms with Gasteiger partial charge in [0, 0.05) is 6.04 Å². The standard InChI is InChI=1S/C13H21N3O2/c1-4-6-9(5-2)16-11-8-15-12(14)7-10(11)13(17)18-3/h7-9,16H,4-6H2,1-3H3,(H2,14,15). The van der Waals surface area contributed by atoms with E-state index in [0.717, 1.165) is 19.3 Å². The number of pyridine rings is 1. The highest BCUT2D eigenvalue weighted by molar-refractivity contribution is 5.96. The molecule has 1 heterocycles. The molecule has 0 saturated heterocycles. The fourth-order valence-electron chi connectivity index (χ4n) is 1.81. The van der Waals surface area contributed by atoms with Gasteiger partial charge in [0.2, 0.25) is 0 Å². The molecule has 0 bridgehead atoms. The largest absolute Gasteiger partial charge is 0.465 e. The average Bonchev–Trinajstić information content (AvgIpc) is 2.39. The summed E-state index contributed by atoms with van der Waals surface area (Å²) >= 11 is 0. The molecular formula is C13H21N3O2. The number of hydrogen-bond donors (Lipinski definition) is 2. The molecule has 100 valence electrons. The van der Waals surface area contributed by atoms with Crippen LogP contribution in [0.2, 0.25) is 0 Å². The molecule has 0 aliphatic carbocycles. The smallest absolute Gasteiger partial charge is 0.340 e. The second-order valence-electron chi connectivity index (χ2n) is 4.18. The third kappa shape index (κ3) is 3.61. The molecule has 0 aliphatic heterocycles. The molecule has 1 rings (SSSR count). The van der Waals surface area contributed by atoms with E-state index in [-0.39, 0.29) is 0 Å². The van der Waals surface area contributed by atoms with Crippen molar-refractivity contribution in [2.45, 2.75) is 39.2 Å². The zero-order valence-electron chi connectivity index (χ0n) is 11.2. The Balaban J connectivity index is 2.96. The van der Waals surface area contributed by atoms with Crippen LogP contribution in [-0.2, 0) is 4.74 Å². The maximum atomic E-state index is 11.7. The van der Waals surface area contributed by atoms with Crippen LogP contribution >= 0.6 is 0 Å². The Morgan fingerprint density at radius 2 is 2.28 bits per heavy atom. The van der Waals surface area contributed by atoms with E-state index in [0.29, 0.717) is 23.1 Å². The van der Waals surface area contributed by atoms with Crippen molar-refractivity contribution < 1.29 is 9.53 Å². The maximum absolute atomic E-state index is 11.7. The third-order valence-corrected chi connectivity index (χ3v) is 2.82. The first-order valence-corrected chi connectivity index (χ1v) is 6.22. The Labute approximate surface area is 108 Å². The third-order valence-electron chi connectivity index (χ3n) is 2.82. The summed E-state index contributed by atoms with van der Waals surface area (Å²) in [4.78, 5) is 15.7. The monoisotopic (exact) mass is 251 g/mol. The molecule has 0 saturated carbocycles. The lowest BCUT2D eigenvalue weighted by Gasteiger charge is -2.19. The predicted octanol–water partition coefficient (Wildman–Crippen LogP) is 2.44. The van der Waals surface area contributed by atoms with E-state index in [1.165, 1.54) is 13.2 Å². The second-order valence-corrected chi connectivity index (χ2v) is 4.18. The van der Waals surface area contributed by atoms with Gasteiger partial charge >= 0.3 is 5.97 Å². The number of rotatable bonds is 6. The summed E-state index contributed by atoms with van der Waals surface area (Å²) in [6.45, 7) is 4.24. The minimum atomic E-state index is -0.405. The van der Waals surface area contributed by atoms with Crippen molar-refractivity contribution in [1.82, 2.24) is 4.98 Å². The SMILES string of the molecule is CCCC(CC)Nc1cnc(N)cc1C(=O)OC. The maximum Gasteiger partial charge on any atom is 0.340 e. The van der Waals surface area contributed by atoms with Gasteiger partial charge < -0.3 is 15.8 Å². The Hall–Kier alpha value is -1.78. The number of nitrogens with two attached hydrogens (primary N) is 1. The molecule has 18 heavy (non-hydrogen) atoms. The first-order chi connectivity index (χ1) is 8.62. The van der Waals surface area contributed by atoms with Gasteiger partial charge in [-0.1, -0.05) is 20.3 Å². The van der Waals surface area contributed by atoms with Crippen LogP contribution < -0.4 is 11.1 Å². The van der Waals surface area contributed by atoms with E-state index in [1.54, 1.807) is 6.20 Å². The molecule has 0 aromatic carbocycles. The summed E-state index contributed by atoms with van der Waals surface area (Å²) in [6.07, 6.45) is 4.70. The number of carbonyl (C=O) groups is 1. The lowest BCUT2D eigenvalue weighted by Crippen LogP contribution is -2.20. The fraction of sp³-hybridized carbons (Fsp3) is 0.538. The van der Waals surface area contributed by atoms with E-state index in [2.05, 4.69) is 24.1 Å². The molecule has 0 aliphatic rings. The van der Waals surface area contributed by atoms with Crippen LogP contribution in [0.15, 0.2) is 12.3 Å². The van der Waals surface area contributed by atoms with E-state index < -0.39 is 5.97 Å². The lowest BCUT2D eigenvalue weighted by molar-refractivity contribution is 0.0601. The van der Waals surface area contributed by atoms with Crippen molar-refractivity contribution in [3.05, 3.63) is 17.8 Å². The Kier molecular flexibility index (Phi) is 5.42. The predicted molar refractivity (Wildman–Crippen MR) is 72.6 cm³/mol. The normalized spacial score (nSPS) is 11.9. The summed E-state index contributed by atoms with van der Waals surface area (Å²) < 4.78 is 4.74. The highest BCUT2D eigenvalue weighted by Crippen LogP contribution is 2.20. The molecule has 1 atom stereocenters. The van der Waals surface area contributed by atoms with Gasteiger partial charge in [-0.2, -0.15) is 0 Å². The molecule has 5 heteroatoms. The molecule has 0 spiro atoms. The molecule has 0 amide bonds. The van der Waals surface area contributed by atoms with Crippen molar-refractivity contribution in [2.75, 3.05) is 18.2 Å². The Morgan fingerprint density at radius 1 is 1.56 bits per heavy atom. The highest BCUT2D eigenvalue weighted by Gasteiger charge is 2.15. The number of anilines is 2. The Morgan fingerprint density at radius 3 is 2.83 bits per heavy atom. The van der Waals surface area contributed by atoms with Crippen LogP contribution in [0.3, 0.4) is 0 Å². The minimum Gasteiger partial charge on any atom is -0.465 e. The molecule has 1 unspecified atom stereocenters. The molecule has 1 aromatic rings. The van der Waals surface area contributed by atoms with Crippen molar-refractivity contribution >= 4 is 17.5 Å². The quantitative estimate of drug-likeness (QED) is 0.759. The zero-order chi connectivity index (χ0) is 13.5. The van der Waals surface area contributed by atoms with Crippen molar-refractivity contribution in [1.29, 1.82) is 0 Å². The summed E-state index contributed by atoms with van der Waals surface area (Å²) in [7, 11) is 1.35. The second kappa shape index (κ2) is 6.83. The number of esters is 1. The van der Waals surface area contributed by atoms with Crippen LogP contribution in [0.1, 0.15) is 43.5 Å². The van der Waals surface area contributed by atoms with Crippen LogP contribution in [0.4, 0.5) is 11.5 Å². The topological polar surface area (TPSA) is 77.2 Å². The van der Waals surface area contributed by atoms with E-state index >= 15 is 0 Å². The van der Waals surface area contributed by atoms with Gasteiger partial charge in [-0.3, -0.25) is 0 Å². The molecule has 0 radical (unpaired) electrons. The van der Waals surface area contributed by atoms with Crippen molar-refractivity contribution in [3.8, 4) is 0 Å². The summed E-state index contributed by atoms with van der Waals surface area (Å²) in [5.74, 6) is -0.0950. The van der Waals surface area contributed by atoms with Gasteiger partial charge in [-0.15, -0.1) is 0 Å². The van der Waals surface area contributed by atoms with E-state index in [4.69, 9.17) is 10.5 Å². The van der Waals surface area contributed by atoms with E-state index in [1.807, 2.05) is 0 Å². The van der Waals surface area contributed by atoms with Gasteiger partial charge in [-0.25, -0.2) is 9.78 Å². The number of nitrogens with zero attached hydrogens (tertiary/aromatic N) is 1. The number of carbonyl (C=O) groups excluding carboxylic acids is 1. The summed E-state index contributed by atoms with van der Waals surface area (Å²) in [5.41, 5.74) is 6.70. The lowest BCUT2D eigenvalue weighted by atomic mass is 10.1. The van der Waals surface area contributed by atoms with Crippen LogP contribution in [-0.4, -0.2) is 24.1 Å².